The Bertz CT molecular complexity index is 1850. The number of nitrogens with two attached hydrogens (primary N) is 2. The number of likely N-dealkylation sites (N-methyl/N-ethyl adjacent to an activating group) is 1. The maximum absolute atomic E-state index is 14.5. The summed E-state index contributed by atoms with van der Waals surface area (Å²) >= 11 is 6.35. The number of hydrazine groups is 1. The SMILES string of the molecule is C=CN(c1c(N(C)C(O)(O)C(O)(O)F)cc(N=C(NN)c2cc(F)cc(C(F)(F)F)c2N)c2c1C(=C)NC2c1cc(F)ccc1Cl)C(F)F. The van der Waals surface area contributed by atoms with Gasteiger partial charge in [-0.15, -0.1) is 0 Å². The van der Waals surface area contributed by atoms with E-state index in [0.717, 1.165) is 24.3 Å². The van der Waals surface area contributed by atoms with Gasteiger partial charge in [-0.1, -0.05) is 24.8 Å². The quantitative estimate of drug-likeness (QED) is 0.0233. The summed E-state index contributed by atoms with van der Waals surface area (Å²) in [6.07, 6.45) is -4.60. The smallest absolute Gasteiger partial charge is 0.398 e. The van der Waals surface area contributed by atoms with E-state index in [1.54, 1.807) is 0 Å². The lowest BCUT2D eigenvalue weighted by Gasteiger charge is -2.39. The van der Waals surface area contributed by atoms with Crippen molar-refractivity contribution >= 4 is 45.9 Å². The number of rotatable bonds is 9. The van der Waals surface area contributed by atoms with E-state index in [0.29, 0.717) is 19.3 Å². The van der Waals surface area contributed by atoms with Gasteiger partial charge in [0.1, 0.15) is 17.5 Å². The molecule has 0 aliphatic carbocycles. The normalized spacial score (nSPS) is 15.3. The molecule has 0 radical (unpaired) electrons. The third-order valence-electron chi connectivity index (χ3n) is 7.47. The number of aliphatic hydroxyl groups is 4. The molecule has 0 fully saturated rings. The van der Waals surface area contributed by atoms with Gasteiger partial charge in [0, 0.05) is 46.2 Å². The fourth-order valence-corrected chi connectivity index (χ4v) is 5.37. The number of nitrogens with one attached hydrogen (secondary N) is 2. The number of alkyl halides is 6. The van der Waals surface area contributed by atoms with Crippen molar-refractivity contribution in [2.24, 2.45) is 10.8 Å². The molecule has 1 unspecified atom stereocenters. The van der Waals surface area contributed by atoms with Crippen molar-refractivity contribution in [3.63, 3.8) is 0 Å². The van der Waals surface area contributed by atoms with Crippen LogP contribution in [0.15, 0.2) is 60.7 Å². The maximum Gasteiger partial charge on any atom is 0.418 e. The van der Waals surface area contributed by atoms with Crippen molar-refractivity contribution in [1.82, 2.24) is 10.7 Å². The van der Waals surface area contributed by atoms with Crippen LogP contribution >= 0.6 is 11.6 Å². The lowest BCUT2D eigenvalue weighted by Crippen LogP contribution is -2.62. The van der Waals surface area contributed by atoms with Crippen LogP contribution in [-0.4, -0.2) is 51.8 Å². The Balaban J connectivity index is 2.23. The second kappa shape index (κ2) is 13.0. The highest BCUT2D eigenvalue weighted by molar-refractivity contribution is 6.31. The zero-order chi connectivity index (χ0) is 37.0. The molecule has 0 bridgehead atoms. The summed E-state index contributed by atoms with van der Waals surface area (Å²) in [6, 6.07) is -1.77. The summed E-state index contributed by atoms with van der Waals surface area (Å²) in [6.45, 7) is 3.61. The molecule has 10 N–H and O–H groups in total. The maximum atomic E-state index is 14.5. The van der Waals surface area contributed by atoms with Crippen LogP contribution < -0.4 is 32.1 Å². The van der Waals surface area contributed by atoms with Gasteiger partial charge in [0.05, 0.1) is 34.4 Å². The highest BCUT2D eigenvalue weighted by Crippen LogP contribution is 2.53. The molecule has 11 nitrogen and oxygen atoms in total. The van der Waals surface area contributed by atoms with E-state index in [-0.39, 0.29) is 37.7 Å². The van der Waals surface area contributed by atoms with Crippen LogP contribution in [0.4, 0.5) is 57.9 Å². The number of aliphatic imine (C=N–C) groups is 1. The number of benzene rings is 3. The highest BCUT2D eigenvalue weighted by atomic mass is 35.5. The Morgan fingerprint density at radius 2 is 1.71 bits per heavy atom. The van der Waals surface area contributed by atoms with Crippen LogP contribution in [0.1, 0.15) is 33.9 Å². The van der Waals surface area contributed by atoms with Gasteiger partial charge >= 0.3 is 24.7 Å². The Kier molecular flexibility index (Phi) is 9.85. The molecule has 3 aromatic rings. The van der Waals surface area contributed by atoms with Crippen LogP contribution in [0.25, 0.3) is 5.70 Å². The highest BCUT2D eigenvalue weighted by Gasteiger charge is 2.54. The lowest BCUT2D eigenvalue weighted by molar-refractivity contribution is -0.411. The average Bonchev–Trinajstić information content (AvgIpc) is 3.34. The van der Waals surface area contributed by atoms with Crippen LogP contribution in [0.5, 0.6) is 0 Å². The first-order valence-corrected chi connectivity index (χ1v) is 13.8. The van der Waals surface area contributed by atoms with E-state index in [1.165, 1.54) is 0 Å². The van der Waals surface area contributed by atoms with Crippen molar-refractivity contribution in [2.75, 3.05) is 22.6 Å². The van der Waals surface area contributed by atoms with E-state index in [1.807, 2.05) is 5.43 Å². The molecule has 1 aliphatic heterocycles. The van der Waals surface area contributed by atoms with E-state index in [9.17, 15) is 55.5 Å². The summed E-state index contributed by atoms with van der Waals surface area (Å²) in [5, 5.41) is 42.5. The van der Waals surface area contributed by atoms with Crippen molar-refractivity contribution in [1.29, 1.82) is 0 Å². The van der Waals surface area contributed by atoms with Gasteiger partial charge < -0.3 is 41.8 Å². The Morgan fingerprint density at radius 3 is 2.24 bits per heavy atom. The third kappa shape index (κ3) is 6.67. The summed E-state index contributed by atoms with van der Waals surface area (Å²) in [5.41, 5.74) is 1.12. The second-order valence-corrected chi connectivity index (χ2v) is 10.8. The first-order chi connectivity index (χ1) is 22.6. The van der Waals surface area contributed by atoms with Gasteiger partial charge in [-0.25, -0.2) is 19.6 Å². The third-order valence-corrected chi connectivity index (χ3v) is 7.82. The number of nitrogen functional groups attached to an aromatic ring is 1. The van der Waals surface area contributed by atoms with Gasteiger partial charge in [0.15, 0.2) is 0 Å². The summed E-state index contributed by atoms with van der Waals surface area (Å²) in [7, 11) is 0.626. The molecule has 0 amide bonds. The van der Waals surface area contributed by atoms with Crippen molar-refractivity contribution < 1.29 is 55.5 Å². The van der Waals surface area contributed by atoms with Crippen LogP contribution in [-0.2, 0) is 6.18 Å². The van der Waals surface area contributed by atoms with Crippen molar-refractivity contribution in [3.05, 3.63) is 100 Å². The Morgan fingerprint density at radius 1 is 1.08 bits per heavy atom. The number of amidine groups is 1. The van der Waals surface area contributed by atoms with Gasteiger partial charge in [0.2, 0.25) is 0 Å². The van der Waals surface area contributed by atoms with Crippen LogP contribution in [0.2, 0.25) is 5.02 Å². The van der Waals surface area contributed by atoms with Crippen molar-refractivity contribution in [2.45, 2.75) is 30.7 Å². The Hall–Kier alpha value is -4.66. The molecule has 1 aliphatic rings. The van der Waals surface area contributed by atoms with E-state index >= 15 is 0 Å². The van der Waals surface area contributed by atoms with E-state index in [4.69, 9.17) is 23.2 Å². The zero-order valence-electron chi connectivity index (χ0n) is 24.8. The first kappa shape index (κ1) is 37.2. The first-order valence-electron chi connectivity index (χ1n) is 13.4. The molecular formula is C29H26ClF8N7O4. The number of fused-ring (bicyclic) bond motifs is 1. The molecule has 0 spiro atoms. The van der Waals surface area contributed by atoms with Crippen LogP contribution in [0.3, 0.4) is 0 Å². The molecular weight excluding hydrogens is 698 g/mol. The molecule has 1 heterocycles. The summed E-state index contributed by atoms with van der Waals surface area (Å²) in [4.78, 5) is 4.30. The number of nitrogens with zero attached hydrogens (tertiary/aromatic N) is 3. The minimum atomic E-state index is -5.16. The number of anilines is 3. The number of halogens is 9. The fourth-order valence-electron chi connectivity index (χ4n) is 5.14. The fraction of sp³-hybridized carbons (Fsp3) is 0.207. The molecule has 0 aromatic heterocycles. The monoisotopic (exact) mass is 723 g/mol. The van der Waals surface area contributed by atoms with Gasteiger partial charge in [-0.05, 0) is 36.4 Å². The molecule has 4 rings (SSSR count). The largest absolute Gasteiger partial charge is 0.418 e. The molecule has 1 atom stereocenters. The van der Waals surface area contributed by atoms with Gasteiger partial charge in [-0.3, -0.25) is 4.90 Å². The molecule has 0 saturated heterocycles. The standard InChI is InChI=1S/C29H26ClF8N7O4/c1-4-45(26(33)34)24-19(44(3)29(48,49)28(38,46)47)10-18(21-20(24)11(2)41-23(21)14-7-12(31)5-6-17(14)30)42-25(43-40)15-8-13(32)9-16(22(15)39)27(35,36)37/h4-10,23,26,41,46-49H,1-2,39-40H2,3H3,(H,42,43). The van der Waals surface area contributed by atoms with Crippen LogP contribution in [0, 0.1) is 11.6 Å². The molecule has 3 aromatic carbocycles. The Labute approximate surface area is 276 Å². The molecule has 49 heavy (non-hydrogen) atoms. The molecule has 264 valence electrons. The van der Waals surface area contributed by atoms with Gasteiger partial charge in [0.25, 0.3) is 0 Å². The molecule has 0 saturated carbocycles. The summed E-state index contributed by atoms with van der Waals surface area (Å²) < 4.78 is 113. The van der Waals surface area contributed by atoms with E-state index in [2.05, 4.69) is 23.5 Å². The minimum Gasteiger partial charge on any atom is -0.398 e. The second-order valence-electron chi connectivity index (χ2n) is 10.4. The number of hydrogen-bond acceptors (Lipinski definition) is 10. The number of hydrogen-bond donors (Lipinski definition) is 8. The predicted octanol–water partition coefficient (Wildman–Crippen LogP) is 4.28. The zero-order valence-corrected chi connectivity index (χ0v) is 25.6. The average molecular weight is 724 g/mol. The van der Waals surface area contributed by atoms with Crippen molar-refractivity contribution in [3.8, 4) is 0 Å². The predicted molar refractivity (Wildman–Crippen MR) is 164 cm³/mol. The molecule has 20 heteroatoms. The van der Waals surface area contributed by atoms with Gasteiger partial charge in [-0.2, -0.15) is 26.3 Å². The minimum absolute atomic E-state index is 0.00979. The topological polar surface area (TPSA) is 176 Å². The van der Waals surface area contributed by atoms with E-state index < -0.39 is 87.6 Å². The lowest BCUT2D eigenvalue weighted by atomic mass is 9.93. The summed E-state index contributed by atoms with van der Waals surface area (Å²) in [5.74, 6) is -1.76.